The van der Waals surface area contributed by atoms with Gasteiger partial charge in [-0.3, -0.25) is 41.6 Å². The summed E-state index contributed by atoms with van der Waals surface area (Å²) < 4.78 is 107. The molecule has 6 rings (SSSR count). The van der Waals surface area contributed by atoms with Crippen LogP contribution < -0.4 is 17.0 Å². The molecule has 6 heterocycles. The van der Waals surface area contributed by atoms with Crippen LogP contribution in [0.1, 0.15) is 18.9 Å². The van der Waals surface area contributed by atoms with Crippen LogP contribution in [0.25, 0.3) is 11.2 Å². The molecule has 3 aromatic rings. The van der Waals surface area contributed by atoms with Crippen molar-refractivity contribution in [2.24, 2.45) is 5.92 Å². The molecule has 3 aliphatic rings. The molecule has 64 heavy (non-hydrogen) atoms. The van der Waals surface area contributed by atoms with Crippen molar-refractivity contribution in [2.45, 2.75) is 67.7 Å². The highest BCUT2D eigenvalue weighted by atomic mass is 31.3. The van der Waals surface area contributed by atoms with Gasteiger partial charge in [-0.1, -0.05) is 0 Å². The molecule has 0 saturated carbocycles. The molecule has 0 aliphatic carbocycles. The smallest absolute Gasteiger partial charge is 0.390 e. The summed E-state index contributed by atoms with van der Waals surface area (Å²) in [6, 6.07) is 0.944. The molecule has 0 aromatic carbocycles. The number of hydrogen-bond donors (Lipinski definition) is 9. The average molecular weight is 998 g/mol. The summed E-state index contributed by atoms with van der Waals surface area (Å²) in [5.41, 5.74) is 4.31. The fourth-order valence-corrected chi connectivity index (χ4v) is 12.6. The first-order chi connectivity index (χ1) is 30.0. The van der Waals surface area contributed by atoms with Gasteiger partial charge in [-0.25, -0.2) is 33.2 Å². The largest absolute Gasteiger partial charge is 0.479 e. The number of imidazole rings is 1. The number of nitrogens with one attached hydrogen (secondary N) is 1. The maximum Gasteiger partial charge on any atom is 0.479 e. The number of nitrogens with zero attached hydrogens (tertiary/aromatic N) is 5. The zero-order valence-corrected chi connectivity index (χ0v) is 37.2. The number of phosphoric acid groups is 2. The van der Waals surface area contributed by atoms with Crippen LogP contribution in [0.4, 0.5) is 5.82 Å². The van der Waals surface area contributed by atoms with Crippen molar-refractivity contribution in [1.29, 1.82) is 0 Å². The summed E-state index contributed by atoms with van der Waals surface area (Å²) in [7, 11) is -18.3. The first-order valence-electron chi connectivity index (χ1n) is 18.9. The minimum absolute atomic E-state index is 0.0454. The number of hydrogen-bond acceptors (Lipinski definition) is 23. The normalized spacial score (nSPS) is 32.3. The zero-order chi connectivity index (χ0) is 46.8. The van der Waals surface area contributed by atoms with E-state index < -0.39 is 141 Å². The number of methoxy groups -OCH3 is 2. The average Bonchev–Trinajstić information content (AvgIpc) is 3.97. The number of ether oxygens (including phenoxy) is 5. The van der Waals surface area contributed by atoms with Gasteiger partial charge < -0.3 is 68.8 Å². The SMILES string of the molecule is COCC[C@H]1[C@@H](O)CO[C@@H]1COP(=O)(O)CCP(=O)(O)OP(=O)(O)OC[C@H]1O[C@@H](n2cnc3c(N)ncnc32)[C@H](OC)[C@@H]1OP(=O)(O)OC[C@H]1O[C@@H](n2ccc(=O)[nH]c2=O)[C@H](O)[C@@H]1O. The van der Waals surface area contributed by atoms with E-state index in [1.54, 1.807) is 0 Å². The maximum absolute atomic E-state index is 13.5. The van der Waals surface area contributed by atoms with Gasteiger partial charge in [0, 0.05) is 39.0 Å². The van der Waals surface area contributed by atoms with Crippen molar-refractivity contribution in [2.75, 3.05) is 65.3 Å². The Morgan fingerprint density at radius 3 is 2.20 bits per heavy atom. The lowest BCUT2D eigenvalue weighted by Gasteiger charge is -2.26. The lowest BCUT2D eigenvalue weighted by molar-refractivity contribution is -0.0610. The summed E-state index contributed by atoms with van der Waals surface area (Å²) in [6.07, 6.45) is -13.4. The number of aliphatic hydroxyl groups is 3. The van der Waals surface area contributed by atoms with Crippen molar-refractivity contribution in [3.63, 3.8) is 0 Å². The van der Waals surface area contributed by atoms with Crippen molar-refractivity contribution in [3.8, 4) is 0 Å². The molecular weight excluding hydrogens is 950 g/mol. The standard InChI is InChI=1S/C30H47N7O23P4/c1-51-6-4-15-16(38)9-53-17(15)10-54-61(43,44)7-8-62(45,46)60-64(49,50)56-12-19-24(25(52-2)29(58-19)37-14-34-21-26(31)32-13-33-27(21)37)59-63(47,48)55-11-18-22(40)23(41)28(57-18)36-5-3-20(39)35-30(36)42/h3,5,13-19,22-25,28-29,38,40-41H,4,6-12H2,1-2H3,(H,43,44)(H,45,46)(H,47,48)(H,49,50)(H2,31,32,33)(H,35,39,42)/t15-,16-,17+,18+,19+,22+,23+,24+,25+,28+,29+/m0/s1. The zero-order valence-electron chi connectivity index (χ0n) is 33.6. The number of aromatic amines is 1. The molecule has 3 fully saturated rings. The fourth-order valence-electron chi connectivity index (χ4n) is 7.00. The molecule has 3 saturated heterocycles. The van der Waals surface area contributed by atoms with Gasteiger partial charge in [0.25, 0.3) is 5.56 Å². The summed E-state index contributed by atoms with van der Waals surface area (Å²) in [5, 5.41) is 31.3. The van der Waals surface area contributed by atoms with Crippen LogP contribution in [-0.4, -0.2) is 172 Å². The highest BCUT2D eigenvalue weighted by molar-refractivity contribution is 7.64. The molecule has 3 aliphatic heterocycles. The summed E-state index contributed by atoms with van der Waals surface area (Å²) >= 11 is 0. The van der Waals surface area contributed by atoms with Gasteiger partial charge in [-0.05, 0) is 6.42 Å². The number of aromatic nitrogens is 6. The summed E-state index contributed by atoms with van der Waals surface area (Å²) in [6.45, 7) is -2.35. The molecule has 0 bridgehead atoms. The Bertz CT molecular complexity index is 2410. The number of nitrogen functional groups attached to an aromatic ring is 1. The quantitative estimate of drug-likeness (QED) is 0.0488. The Kier molecular flexibility index (Phi) is 16.3. The van der Waals surface area contributed by atoms with Gasteiger partial charge in [-0.15, -0.1) is 0 Å². The number of phosphoric ester groups is 2. The predicted molar refractivity (Wildman–Crippen MR) is 210 cm³/mol. The van der Waals surface area contributed by atoms with Crippen molar-refractivity contribution in [3.05, 3.63) is 45.8 Å². The van der Waals surface area contributed by atoms with E-state index in [1.165, 1.54) is 18.0 Å². The Morgan fingerprint density at radius 1 is 0.828 bits per heavy atom. The van der Waals surface area contributed by atoms with Crippen LogP contribution >= 0.6 is 30.8 Å². The molecular formula is C30H47N7O23P4. The van der Waals surface area contributed by atoms with Crippen LogP contribution in [0.15, 0.2) is 34.5 Å². The van der Waals surface area contributed by atoms with Crippen LogP contribution in [0.5, 0.6) is 0 Å². The van der Waals surface area contributed by atoms with E-state index in [0.29, 0.717) is 6.42 Å². The summed E-state index contributed by atoms with van der Waals surface area (Å²) in [4.78, 5) is 80.0. The topological polar surface area (TPSA) is 427 Å². The number of rotatable bonds is 22. The third kappa shape index (κ3) is 12.2. The molecule has 30 nitrogen and oxygen atoms in total. The van der Waals surface area contributed by atoms with E-state index >= 15 is 0 Å². The molecule has 360 valence electrons. The Balaban J connectivity index is 1.12. The molecule has 10 N–H and O–H groups in total. The molecule has 0 amide bonds. The third-order valence-corrected chi connectivity index (χ3v) is 16.0. The molecule has 4 unspecified atom stereocenters. The molecule has 15 atom stereocenters. The van der Waals surface area contributed by atoms with Crippen LogP contribution in [0, 0.1) is 5.92 Å². The van der Waals surface area contributed by atoms with Gasteiger partial charge in [0.1, 0.15) is 48.5 Å². The van der Waals surface area contributed by atoms with E-state index in [0.717, 1.165) is 30.3 Å². The molecule has 34 heteroatoms. The van der Waals surface area contributed by atoms with E-state index in [-0.39, 0.29) is 30.2 Å². The van der Waals surface area contributed by atoms with Gasteiger partial charge in [0.15, 0.2) is 23.9 Å². The van der Waals surface area contributed by atoms with Gasteiger partial charge in [-0.2, -0.15) is 0 Å². The van der Waals surface area contributed by atoms with Gasteiger partial charge in [0.2, 0.25) is 0 Å². The third-order valence-electron chi connectivity index (χ3n) is 10.2. The Labute approximate surface area is 360 Å². The number of H-pyrrole nitrogens is 1. The summed E-state index contributed by atoms with van der Waals surface area (Å²) in [5.74, 6) is -0.540. The molecule has 3 aromatic heterocycles. The lowest BCUT2D eigenvalue weighted by Crippen LogP contribution is -2.38. The second kappa shape index (κ2) is 20.6. The van der Waals surface area contributed by atoms with Crippen molar-refractivity contribution < 1.29 is 99.2 Å². The van der Waals surface area contributed by atoms with Crippen molar-refractivity contribution >= 4 is 47.8 Å². The minimum Gasteiger partial charge on any atom is -0.390 e. The monoisotopic (exact) mass is 997 g/mol. The number of aliphatic hydroxyl groups excluding tert-OH is 3. The Morgan fingerprint density at radius 2 is 1.50 bits per heavy atom. The van der Waals surface area contributed by atoms with E-state index in [1.807, 2.05) is 4.98 Å². The molecule has 0 spiro atoms. The van der Waals surface area contributed by atoms with Gasteiger partial charge in [0.05, 0.1) is 57.3 Å². The fraction of sp³-hybridized carbons (Fsp3) is 0.700. The van der Waals surface area contributed by atoms with Gasteiger partial charge >= 0.3 is 36.5 Å². The van der Waals surface area contributed by atoms with Crippen LogP contribution in [0.3, 0.4) is 0 Å². The first-order valence-corrected chi connectivity index (χ1v) is 25.4. The second-order valence-corrected chi connectivity index (χ2v) is 21.5. The predicted octanol–water partition coefficient (Wildman–Crippen LogP) is -2.07. The lowest BCUT2D eigenvalue weighted by atomic mass is 9.96. The highest BCUT2D eigenvalue weighted by Crippen LogP contribution is 2.62. The maximum atomic E-state index is 13.5. The number of nitrogens with two attached hydrogens (primary N) is 1. The number of fused-ring (bicyclic) bond motifs is 1. The van der Waals surface area contributed by atoms with Crippen LogP contribution in [-0.2, 0) is 64.4 Å². The van der Waals surface area contributed by atoms with E-state index in [2.05, 4.69) is 19.3 Å². The van der Waals surface area contributed by atoms with E-state index in [4.69, 9.17) is 47.5 Å². The first kappa shape index (κ1) is 50.7. The highest BCUT2D eigenvalue weighted by Gasteiger charge is 2.52. The van der Waals surface area contributed by atoms with Crippen LogP contribution in [0.2, 0.25) is 0 Å². The number of anilines is 1. The van der Waals surface area contributed by atoms with Crippen molar-refractivity contribution in [1.82, 2.24) is 29.1 Å². The van der Waals surface area contributed by atoms with E-state index in [9.17, 15) is 62.7 Å². The second-order valence-electron chi connectivity index (χ2n) is 14.5. The Hall–Kier alpha value is -2.73. The molecule has 0 radical (unpaired) electrons. The minimum atomic E-state index is -5.61.